The first-order valence-corrected chi connectivity index (χ1v) is 7.29. The minimum atomic E-state index is 0.00372. The number of nitrogens with one attached hydrogen (secondary N) is 1. The number of nitrogens with zero attached hydrogens (tertiary/aromatic N) is 5. The van der Waals surface area contributed by atoms with Gasteiger partial charge in [-0.1, -0.05) is 12.1 Å². The number of nitrogen functional groups attached to an aromatic ring is 1. The van der Waals surface area contributed by atoms with Gasteiger partial charge in [0.15, 0.2) is 11.6 Å². The highest BCUT2D eigenvalue weighted by atomic mass is 16.5. The first kappa shape index (κ1) is 16.8. The average molecular weight is 323 g/mol. The lowest BCUT2D eigenvalue weighted by Gasteiger charge is -2.20. The van der Waals surface area contributed by atoms with E-state index in [-0.39, 0.29) is 18.8 Å². The first-order chi connectivity index (χ1) is 11.7. The van der Waals surface area contributed by atoms with E-state index in [1.807, 2.05) is 43.3 Å². The van der Waals surface area contributed by atoms with E-state index in [1.54, 1.807) is 0 Å². The summed E-state index contributed by atoms with van der Waals surface area (Å²) >= 11 is 0. The third-order valence-corrected chi connectivity index (χ3v) is 3.13. The van der Waals surface area contributed by atoms with Crippen molar-refractivity contribution in [3.8, 4) is 17.9 Å². The molecule has 0 radical (unpaired) electrons. The molecule has 0 aliphatic carbocycles. The van der Waals surface area contributed by atoms with E-state index in [1.165, 1.54) is 11.2 Å². The number of anilines is 4. The van der Waals surface area contributed by atoms with Gasteiger partial charge in [-0.15, -0.1) is 0 Å². The van der Waals surface area contributed by atoms with Gasteiger partial charge in [0.2, 0.25) is 0 Å². The molecule has 0 spiro atoms. The average Bonchev–Trinajstić information content (AvgIpc) is 2.58. The van der Waals surface area contributed by atoms with Crippen molar-refractivity contribution in [2.45, 2.75) is 6.92 Å². The second-order valence-corrected chi connectivity index (χ2v) is 4.69. The van der Waals surface area contributed by atoms with E-state index in [2.05, 4.69) is 15.3 Å². The van der Waals surface area contributed by atoms with Crippen LogP contribution in [0.2, 0.25) is 0 Å². The summed E-state index contributed by atoms with van der Waals surface area (Å²) in [6.07, 6.45) is 1.33. The molecule has 24 heavy (non-hydrogen) atoms. The lowest BCUT2D eigenvalue weighted by atomic mass is 10.3. The largest absolute Gasteiger partial charge is 0.492 e. The van der Waals surface area contributed by atoms with Crippen molar-refractivity contribution >= 4 is 23.0 Å². The molecule has 8 heteroatoms. The van der Waals surface area contributed by atoms with Crippen LogP contribution in [0.3, 0.4) is 0 Å². The van der Waals surface area contributed by atoms with Gasteiger partial charge in [0.05, 0.1) is 24.4 Å². The van der Waals surface area contributed by atoms with Crippen LogP contribution in [0.1, 0.15) is 6.92 Å². The van der Waals surface area contributed by atoms with E-state index in [4.69, 9.17) is 21.0 Å². The van der Waals surface area contributed by atoms with Crippen molar-refractivity contribution in [1.29, 1.82) is 10.5 Å². The van der Waals surface area contributed by atoms with Crippen LogP contribution in [-0.2, 0) is 0 Å². The Morgan fingerprint density at radius 2 is 1.92 bits per heavy atom. The van der Waals surface area contributed by atoms with Gasteiger partial charge in [0.1, 0.15) is 30.9 Å². The van der Waals surface area contributed by atoms with Crippen LogP contribution in [0.4, 0.5) is 23.0 Å². The molecular weight excluding hydrogens is 306 g/mol. The molecule has 0 bridgehead atoms. The highest BCUT2D eigenvalue weighted by Crippen LogP contribution is 2.32. The Balaban J connectivity index is 2.35. The molecule has 8 nitrogen and oxygen atoms in total. The number of hydrogen-bond donors (Lipinski definition) is 2. The summed E-state index contributed by atoms with van der Waals surface area (Å²) in [7, 11) is 0. The van der Waals surface area contributed by atoms with Gasteiger partial charge in [-0.3, -0.25) is 0 Å². The fourth-order valence-corrected chi connectivity index (χ4v) is 2.09. The van der Waals surface area contributed by atoms with Gasteiger partial charge >= 0.3 is 0 Å². The Hall–Kier alpha value is -3.52. The molecule has 0 unspecified atom stereocenters. The lowest BCUT2D eigenvalue weighted by molar-refractivity contribution is 0.342. The molecule has 0 saturated heterocycles. The highest BCUT2D eigenvalue weighted by molar-refractivity contribution is 5.79. The maximum absolute atomic E-state index is 8.90. The molecule has 2 rings (SSSR count). The van der Waals surface area contributed by atoms with Crippen LogP contribution in [0.25, 0.3) is 0 Å². The zero-order valence-corrected chi connectivity index (χ0v) is 13.2. The van der Waals surface area contributed by atoms with Gasteiger partial charge in [0, 0.05) is 0 Å². The quantitative estimate of drug-likeness (QED) is 0.742. The number of nitrogens with two attached hydrogens (primary N) is 1. The maximum atomic E-state index is 8.90. The summed E-state index contributed by atoms with van der Waals surface area (Å²) in [5.74, 6) is 1.39. The number of rotatable bonds is 7. The highest BCUT2D eigenvalue weighted by Gasteiger charge is 2.16. The molecule has 1 heterocycles. The van der Waals surface area contributed by atoms with Crippen LogP contribution >= 0.6 is 0 Å². The number of nitriles is 2. The van der Waals surface area contributed by atoms with Crippen molar-refractivity contribution < 1.29 is 4.74 Å². The molecule has 0 amide bonds. The molecule has 122 valence electrons. The normalized spacial score (nSPS) is 9.62. The summed E-state index contributed by atoms with van der Waals surface area (Å²) in [4.78, 5) is 9.72. The summed E-state index contributed by atoms with van der Waals surface area (Å²) in [6, 6.07) is 11.4. The Labute approximate surface area is 140 Å². The molecule has 1 aromatic carbocycles. The second-order valence-electron chi connectivity index (χ2n) is 4.69. The third kappa shape index (κ3) is 3.81. The topological polar surface area (TPSA) is 124 Å². The first-order valence-electron chi connectivity index (χ1n) is 7.29. The number of hydrogen-bond acceptors (Lipinski definition) is 8. The van der Waals surface area contributed by atoms with Gasteiger partial charge in [-0.2, -0.15) is 10.5 Å². The van der Waals surface area contributed by atoms with E-state index in [0.717, 1.165) is 0 Å². The van der Waals surface area contributed by atoms with Crippen LogP contribution in [0.5, 0.6) is 5.75 Å². The Morgan fingerprint density at radius 3 is 2.58 bits per heavy atom. The predicted molar refractivity (Wildman–Crippen MR) is 90.8 cm³/mol. The standard InChI is InChI=1S/C16H17N7O/c1-2-24-13-6-4-3-5-12(13)22-15-14(19)16(21-11-20-15)23(9-7-17)10-8-18/h3-6,11H,2,9-10,19H2,1H3,(H,20,21,22). The molecule has 2 aromatic rings. The van der Waals surface area contributed by atoms with Crippen LogP contribution < -0.4 is 20.7 Å². The van der Waals surface area contributed by atoms with Gasteiger partial charge in [0.25, 0.3) is 0 Å². The molecule has 1 aromatic heterocycles. The van der Waals surface area contributed by atoms with Gasteiger partial charge < -0.3 is 20.7 Å². The molecule has 0 fully saturated rings. The second kappa shape index (κ2) is 8.20. The van der Waals surface area contributed by atoms with Crippen LogP contribution in [0.15, 0.2) is 30.6 Å². The Morgan fingerprint density at radius 1 is 1.21 bits per heavy atom. The van der Waals surface area contributed by atoms with Crippen molar-refractivity contribution in [3.05, 3.63) is 30.6 Å². The maximum Gasteiger partial charge on any atom is 0.159 e. The monoisotopic (exact) mass is 323 g/mol. The lowest BCUT2D eigenvalue weighted by Crippen LogP contribution is -2.26. The molecule has 0 aliphatic heterocycles. The van der Waals surface area contributed by atoms with E-state index >= 15 is 0 Å². The van der Waals surface area contributed by atoms with Crippen molar-refractivity contribution in [1.82, 2.24) is 9.97 Å². The summed E-state index contributed by atoms with van der Waals surface area (Å²) in [5.41, 5.74) is 7.10. The number of para-hydroxylation sites is 2. The van der Waals surface area contributed by atoms with Crippen LogP contribution in [-0.4, -0.2) is 29.7 Å². The summed E-state index contributed by atoms with van der Waals surface area (Å²) in [5, 5.41) is 20.9. The number of ether oxygens (including phenoxy) is 1. The van der Waals surface area contributed by atoms with Gasteiger partial charge in [-0.25, -0.2) is 9.97 Å². The minimum Gasteiger partial charge on any atom is -0.492 e. The number of aromatic nitrogens is 2. The zero-order valence-electron chi connectivity index (χ0n) is 13.2. The van der Waals surface area contributed by atoms with E-state index < -0.39 is 0 Å². The molecule has 0 saturated carbocycles. The Kier molecular flexibility index (Phi) is 5.76. The fourth-order valence-electron chi connectivity index (χ4n) is 2.09. The fraction of sp³-hybridized carbons (Fsp3) is 0.250. The molecular formula is C16H17N7O. The number of benzene rings is 1. The van der Waals surface area contributed by atoms with Crippen LogP contribution in [0, 0.1) is 22.7 Å². The summed E-state index contributed by atoms with van der Waals surface area (Å²) in [6.45, 7) is 2.43. The molecule has 0 aliphatic rings. The Bertz CT molecular complexity index is 763. The third-order valence-electron chi connectivity index (χ3n) is 3.13. The summed E-state index contributed by atoms with van der Waals surface area (Å²) < 4.78 is 5.56. The van der Waals surface area contributed by atoms with Crippen molar-refractivity contribution in [2.24, 2.45) is 0 Å². The molecule has 3 N–H and O–H groups in total. The SMILES string of the molecule is CCOc1ccccc1Nc1ncnc(N(CC#N)CC#N)c1N. The van der Waals surface area contributed by atoms with E-state index in [9.17, 15) is 0 Å². The zero-order chi connectivity index (χ0) is 17.4. The van der Waals surface area contributed by atoms with Crippen molar-refractivity contribution in [2.75, 3.05) is 35.6 Å². The molecule has 0 atom stereocenters. The minimum absolute atomic E-state index is 0.00372. The van der Waals surface area contributed by atoms with Crippen molar-refractivity contribution in [3.63, 3.8) is 0 Å². The predicted octanol–water partition coefficient (Wildman–Crippen LogP) is 2.05. The van der Waals surface area contributed by atoms with E-state index in [0.29, 0.717) is 29.7 Å². The van der Waals surface area contributed by atoms with Gasteiger partial charge in [-0.05, 0) is 19.1 Å². The smallest absolute Gasteiger partial charge is 0.159 e.